The highest BCUT2D eigenvalue weighted by Gasteiger charge is 2.30. The maximum atomic E-state index is 12.0. The summed E-state index contributed by atoms with van der Waals surface area (Å²) in [6, 6.07) is -0.260. The predicted molar refractivity (Wildman–Crippen MR) is 112 cm³/mol. The second-order valence-corrected chi connectivity index (χ2v) is 7.43. The minimum absolute atomic E-state index is 0.0610. The Kier molecular flexibility index (Phi) is 10.8. The molecular formula is C19H33N7O6. The lowest BCUT2D eigenvalue weighted by molar-refractivity contribution is -0.124. The molecule has 32 heavy (non-hydrogen) atoms. The Morgan fingerprint density at radius 1 is 1.25 bits per heavy atom. The number of amides is 4. The molecular weight excluding hydrogens is 422 g/mol. The van der Waals surface area contributed by atoms with Crippen molar-refractivity contribution >= 4 is 17.8 Å². The van der Waals surface area contributed by atoms with Gasteiger partial charge in [-0.15, -0.1) is 5.10 Å². The molecule has 2 rings (SSSR count). The van der Waals surface area contributed by atoms with Crippen molar-refractivity contribution in [3.63, 3.8) is 0 Å². The topological polar surface area (TPSA) is 163 Å². The third-order valence-electron chi connectivity index (χ3n) is 4.78. The van der Waals surface area contributed by atoms with Crippen LogP contribution in [0.5, 0.6) is 0 Å². The van der Waals surface area contributed by atoms with E-state index in [-0.39, 0.29) is 57.6 Å². The van der Waals surface area contributed by atoms with Gasteiger partial charge in [0.05, 0.1) is 57.7 Å². The molecule has 0 aromatic carbocycles. The number of hydrogen-bond donors (Lipinski definition) is 3. The fourth-order valence-electron chi connectivity index (χ4n) is 2.79. The van der Waals surface area contributed by atoms with E-state index in [9.17, 15) is 14.4 Å². The van der Waals surface area contributed by atoms with Crippen LogP contribution in [-0.4, -0.2) is 97.0 Å². The molecule has 4 amide bonds. The number of ether oxygens (including phenoxy) is 3. The molecule has 0 saturated carbocycles. The summed E-state index contributed by atoms with van der Waals surface area (Å²) in [7, 11) is 1.60. The zero-order valence-corrected chi connectivity index (χ0v) is 18.6. The molecule has 0 radical (unpaired) electrons. The minimum atomic E-state index is -0.641. The smallest absolute Gasteiger partial charge is 0.317 e. The predicted octanol–water partition coefficient (Wildman–Crippen LogP) is -1.52. The highest BCUT2D eigenvalue weighted by molar-refractivity contribution is 5.79. The number of nitrogens with two attached hydrogens (primary N) is 1. The average molecular weight is 456 g/mol. The van der Waals surface area contributed by atoms with Gasteiger partial charge < -0.3 is 35.5 Å². The Labute approximate surface area is 186 Å². The van der Waals surface area contributed by atoms with E-state index < -0.39 is 11.8 Å². The largest absolute Gasteiger partial charge is 0.378 e. The Bertz CT molecular complexity index is 738. The molecule has 13 nitrogen and oxygen atoms in total. The maximum absolute atomic E-state index is 12.0. The molecule has 0 aliphatic carbocycles. The monoisotopic (exact) mass is 455 g/mol. The number of rotatable bonds is 15. The SMILES string of the molecule is CCCNC(=O)Cn1cc(COCCOCC(CNC(=O)N2CC(OC)C2)C(N)=O)nn1. The van der Waals surface area contributed by atoms with Gasteiger partial charge in [-0.1, -0.05) is 12.1 Å². The third-order valence-corrected chi connectivity index (χ3v) is 4.78. The molecule has 1 aliphatic heterocycles. The van der Waals surface area contributed by atoms with Crippen molar-refractivity contribution in [2.45, 2.75) is 32.6 Å². The summed E-state index contributed by atoms with van der Waals surface area (Å²) in [4.78, 5) is 36.8. The number of carbonyl (C=O) groups is 3. The number of methoxy groups -OCH3 is 1. The molecule has 0 spiro atoms. The highest BCUT2D eigenvalue weighted by atomic mass is 16.5. The summed E-state index contributed by atoms with van der Waals surface area (Å²) in [6.45, 7) is 4.65. The number of likely N-dealkylation sites (tertiary alicyclic amines) is 1. The molecule has 4 N–H and O–H groups in total. The van der Waals surface area contributed by atoms with Crippen molar-refractivity contribution in [2.75, 3.05) is 53.1 Å². The number of primary amides is 1. The zero-order chi connectivity index (χ0) is 23.3. The third kappa shape index (κ3) is 8.77. The maximum Gasteiger partial charge on any atom is 0.317 e. The molecule has 1 aliphatic rings. The van der Waals surface area contributed by atoms with E-state index in [0.717, 1.165) is 6.42 Å². The quantitative estimate of drug-likeness (QED) is 0.268. The number of hydrogen-bond acceptors (Lipinski definition) is 8. The van der Waals surface area contributed by atoms with Gasteiger partial charge in [0, 0.05) is 20.2 Å². The van der Waals surface area contributed by atoms with Crippen LogP contribution in [0.4, 0.5) is 4.79 Å². The summed E-state index contributed by atoms with van der Waals surface area (Å²) in [5.74, 6) is -1.32. The van der Waals surface area contributed by atoms with Gasteiger partial charge in [0.1, 0.15) is 12.2 Å². The van der Waals surface area contributed by atoms with Crippen molar-refractivity contribution in [1.29, 1.82) is 0 Å². The van der Waals surface area contributed by atoms with Crippen molar-refractivity contribution in [2.24, 2.45) is 11.7 Å². The van der Waals surface area contributed by atoms with Gasteiger partial charge in [0.25, 0.3) is 0 Å². The Balaban J connectivity index is 1.56. The second-order valence-electron chi connectivity index (χ2n) is 7.43. The van der Waals surface area contributed by atoms with Crippen molar-refractivity contribution < 1.29 is 28.6 Å². The molecule has 1 aromatic rings. The lowest BCUT2D eigenvalue weighted by Gasteiger charge is -2.38. The van der Waals surface area contributed by atoms with E-state index in [2.05, 4.69) is 20.9 Å². The van der Waals surface area contributed by atoms with E-state index in [1.54, 1.807) is 18.2 Å². The van der Waals surface area contributed by atoms with Crippen LogP contribution in [0.3, 0.4) is 0 Å². The summed E-state index contributed by atoms with van der Waals surface area (Å²) < 4.78 is 17.5. The van der Waals surface area contributed by atoms with E-state index in [1.807, 2.05) is 6.92 Å². The van der Waals surface area contributed by atoms with E-state index in [4.69, 9.17) is 19.9 Å². The van der Waals surface area contributed by atoms with E-state index in [1.165, 1.54) is 4.68 Å². The van der Waals surface area contributed by atoms with Gasteiger partial charge in [0.2, 0.25) is 11.8 Å². The Hall–Kier alpha value is -2.77. The molecule has 1 aromatic heterocycles. The van der Waals surface area contributed by atoms with Crippen LogP contribution >= 0.6 is 0 Å². The van der Waals surface area contributed by atoms with Crippen LogP contribution in [0.2, 0.25) is 0 Å². The van der Waals surface area contributed by atoms with Crippen LogP contribution < -0.4 is 16.4 Å². The molecule has 13 heteroatoms. The molecule has 0 bridgehead atoms. The molecule has 2 heterocycles. The second kappa shape index (κ2) is 13.6. The van der Waals surface area contributed by atoms with Gasteiger partial charge in [-0.2, -0.15) is 0 Å². The molecule has 180 valence electrons. The first kappa shape index (κ1) is 25.5. The zero-order valence-electron chi connectivity index (χ0n) is 18.6. The number of urea groups is 1. The lowest BCUT2D eigenvalue weighted by atomic mass is 10.1. The normalized spacial score (nSPS) is 14.6. The number of carbonyl (C=O) groups excluding carboxylic acids is 3. The van der Waals surface area contributed by atoms with Crippen LogP contribution in [0.25, 0.3) is 0 Å². The van der Waals surface area contributed by atoms with Crippen LogP contribution in [0.15, 0.2) is 6.20 Å². The number of nitrogens with one attached hydrogen (secondary N) is 2. The van der Waals surface area contributed by atoms with Crippen LogP contribution in [-0.2, 0) is 37.0 Å². The molecule has 1 fully saturated rings. The summed E-state index contributed by atoms with van der Waals surface area (Å²) in [5.41, 5.74) is 5.98. The minimum Gasteiger partial charge on any atom is -0.378 e. The van der Waals surface area contributed by atoms with Gasteiger partial charge >= 0.3 is 6.03 Å². The van der Waals surface area contributed by atoms with Crippen LogP contribution in [0.1, 0.15) is 19.0 Å². The Morgan fingerprint density at radius 2 is 2.00 bits per heavy atom. The first-order valence-corrected chi connectivity index (χ1v) is 10.6. The first-order chi connectivity index (χ1) is 15.4. The molecule has 1 atom stereocenters. The van der Waals surface area contributed by atoms with Crippen molar-refractivity contribution in [3.8, 4) is 0 Å². The highest BCUT2D eigenvalue weighted by Crippen LogP contribution is 2.10. The number of nitrogens with zero attached hydrogens (tertiary/aromatic N) is 4. The fourth-order valence-corrected chi connectivity index (χ4v) is 2.79. The van der Waals surface area contributed by atoms with Gasteiger partial charge in [-0.3, -0.25) is 9.59 Å². The molecule has 1 unspecified atom stereocenters. The fraction of sp³-hybridized carbons (Fsp3) is 0.737. The van der Waals surface area contributed by atoms with Crippen LogP contribution in [0, 0.1) is 5.92 Å². The van der Waals surface area contributed by atoms with Gasteiger partial charge in [-0.05, 0) is 6.42 Å². The van der Waals surface area contributed by atoms with Crippen molar-refractivity contribution in [3.05, 3.63) is 11.9 Å². The lowest BCUT2D eigenvalue weighted by Crippen LogP contribution is -2.58. The summed E-state index contributed by atoms with van der Waals surface area (Å²) in [6.07, 6.45) is 2.57. The molecule has 1 saturated heterocycles. The standard InChI is InChI=1S/C19H33N7O6/c1-3-4-21-17(27)11-26-8-15(23-24-26)13-32-6-5-31-12-14(18(20)28)7-22-19(29)25-9-16(10-25)30-2/h8,14,16H,3-7,9-13H2,1-2H3,(H2,20,28)(H,21,27)(H,22,29). The Morgan fingerprint density at radius 3 is 2.69 bits per heavy atom. The first-order valence-electron chi connectivity index (χ1n) is 10.6. The summed E-state index contributed by atoms with van der Waals surface area (Å²) in [5, 5.41) is 13.3. The van der Waals surface area contributed by atoms with Gasteiger partial charge in [0.15, 0.2) is 0 Å². The van der Waals surface area contributed by atoms with Crippen molar-refractivity contribution in [1.82, 2.24) is 30.5 Å². The average Bonchev–Trinajstić information content (AvgIpc) is 3.17. The number of aromatic nitrogens is 3. The van der Waals surface area contributed by atoms with E-state index in [0.29, 0.717) is 25.3 Å². The summed E-state index contributed by atoms with van der Waals surface area (Å²) >= 11 is 0. The van der Waals surface area contributed by atoms with E-state index >= 15 is 0 Å². The van der Waals surface area contributed by atoms with Gasteiger partial charge in [-0.25, -0.2) is 9.48 Å².